The van der Waals surface area contributed by atoms with Gasteiger partial charge in [0.25, 0.3) is 5.91 Å². The highest BCUT2D eigenvalue weighted by Crippen LogP contribution is 2.35. The Morgan fingerprint density at radius 1 is 1.23 bits per heavy atom. The van der Waals surface area contributed by atoms with Gasteiger partial charge in [0.15, 0.2) is 17.1 Å². The largest absolute Gasteiger partial charge is 0.482 e. The number of aryl methyl sites for hydroxylation is 2. The number of carbonyl (C=O) groups excluding carboxylic acids is 3. The van der Waals surface area contributed by atoms with Crippen molar-refractivity contribution in [1.29, 1.82) is 0 Å². The van der Waals surface area contributed by atoms with E-state index in [0.717, 1.165) is 28.2 Å². The zero-order valence-corrected chi connectivity index (χ0v) is 24.8. The Labute approximate surface area is 236 Å². The van der Waals surface area contributed by atoms with E-state index in [1.54, 1.807) is 27.1 Å². The minimum Gasteiger partial charge on any atom is -0.482 e. The monoisotopic (exact) mass is 571 g/mol. The molecule has 0 aliphatic rings. The molecule has 0 bridgehead atoms. The van der Waals surface area contributed by atoms with Crippen molar-refractivity contribution in [2.24, 2.45) is 0 Å². The number of anilines is 1. The first-order chi connectivity index (χ1) is 18.5. The third-order valence-electron chi connectivity index (χ3n) is 5.78. The number of hydrogen-bond donors (Lipinski definition) is 1. The maximum atomic E-state index is 12.9. The van der Waals surface area contributed by atoms with Crippen molar-refractivity contribution in [3.05, 3.63) is 63.8 Å². The van der Waals surface area contributed by atoms with Crippen LogP contribution < -0.4 is 10.1 Å². The van der Waals surface area contributed by atoms with E-state index < -0.39 is 12.1 Å². The van der Waals surface area contributed by atoms with Crippen LogP contribution in [0.25, 0.3) is 0 Å². The van der Waals surface area contributed by atoms with Gasteiger partial charge >= 0.3 is 5.97 Å². The third-order valence-corrected chi connectivity index (χ3v) is 7.94. The number of thioether (sulfide) groups is 1. The Balaban J connectivity index is 1.77. The molecule has 1 atom stereocenters. The highest BCUT2D eigenvalue weighted by atomic mass is 32.2. The molecule has 0 spiro atoms. The van der Waals surface area contributed by atoms with Crippen LogP contribution in [0.3, 0.4) is 0 Å². The first kappa shape index (κ1) is 29.9. The van der Waals surface area contributed by atoms with Gasteiger partial charge in [-0.05, 0) is 44.9 Å². The second-order valence-corrected chi connectivity index (χ2v) is 11.0. The smallest absolute Gasteiger partial charge is 0.341 e. The number of hydrogen-bond acceptors (Lipinski definition) is 9. The van der Waals surface area contributed by atoms with Crippen LogP contribution in [0.15, 0.2) is 36.0 Å². The van der Waals surface area contributed by atoms with Crippen molar-refractivity contribution in [2.45, 2.75) is 45.5 Å². The summed E-state index contributed by atoms with van der Waals surface area (Å²) in [5.41, 5.74) is 2.80. The van der Waals surface area contributed by atoms with Crippen molar-refractivity contribution < 1.29 is 23.9 Å². The summed E-state index contributed by atoms with van der Waals surface area (Å²) < 4.78 is 12.9. The van der Waals surface area contributed by atoms with Crippen LogP contribution in [-0.4, -0.2) is 64.4 Å². The molecule has 3 rings (SSSR count). The average Bonchev–Trinajstić information content (AvgIpc) is 3.43. The van der Waals surface area contributed by atoms with Crippen molar-refractivity contribution in [3.63, 3.8) is 0 Å². The predicted octanol–water partition coefficient (Wildman–Crippen LogP) is 4.81. The number of ether oxygens (including phenoxy) is 2. The number of nitrogens with zero attached hydrogens (tertiary/aromatic N) is 4. The first-order valence-corrected chi connectivity index (χ1v) is 13.9. The fourth-order valence-corrected chi connectivity index (χ4v) is 5.82. The molecular weight excluding hydrogens is 538 g/mol. The molecular formula is C27H33N5O5S2. The van der Waals surface area contributed by atoms with E-state index in [4.69, 9.17) is 9.47 Å². The van der Waals surface area contributed by atoms with Crippen LogP contribution >= 0.6 is 23.1 Å². The zero-order valence-electron chi connectivity index (χ0n) is 23.2. The van der Waals surface area contributed by atoms with Gasteiger partial charge in [-0.15, -0.1) is 28.1 Å². The van der Waals surface area contributed by atoms with Gasteiger partial charge in [0.2, 0.25) is 5.91 Å². The van der Waals surface area contributed by atoms with Gasteiger partial charge in [-0.2, -0.15) is 0 Å². The lowest BCUT2D eigenvalue weighted by Gasteiger charge is -2.17. The van der Waals surface area contributed by atoms with Gasteiger partial charge in [-0.3, -0.25) is 14.2 Å². The Morgan fingerprint density at radius 3 is 2.56 bits per heavy atom. The van der Waals surface area contributed by atoms with Crippen molar-refractivity contribution in [2.75, 3.05) is 32.3 Å². The molecule has 0 radical (unpaired) electrons. The molecule has 1 aromatic carbocycles. The number of nitrogens with one attached hydrogen (secondary N) is 1. The lowest BCUT2D eigenvalue weighted by Crippen LogP contribution is -2.21. The molecule has 0 fully saturated rings. The van der Waals surface area contributed by atoms with Crippen LogP contribution in [0.1, 0.15) is 55.6 Å². The number of methoxy groups -OCH3 is 1. The van der Waals surface area contributed by atoms with Gasteiger partial charge < -0.3 is 19.7 Å². The lowest BCUT2D eigenvalue weighted by atomic mass is 10.1. The number of esters is 1. The fourth-order valence-electron chi connectivity index (χ4n) is 3.83. The Hall–Kier alpha value is -3.64. The van der Waals surface area contributed by atoms with Crippen LogP contribution in [0.4, 0.5) is 5.00 Å². The SMILES string of the molecule is C=CCn1c(SCC(=O)Nc2sc(C(=O)N(C)C)c(C)c2C(=O)OC)nnc1C(C)Oc1ccc(C)cc1C. The van der Waals surface area contributed by atoms with Crippen molar-refractivity contribution in [1.82, 2.24) is 19.7 Å². The number of rotatable bonds is 11. The van der Waals surface area contributed by atoms with Crippen molar-refractivity contribution in [3.8, 4) is 5.75 Å². The molecule has 2 heterocycles. The van der Waals surface area contributed by atoms with Crippen LogP contribution in [0.2, 0.25) is 0 Å². The summed E-state index contributed by atoms with van der Waals surface area (Å²) in [6.07, 6.45) is 1.33. The number of allylic oxidation sites excluding steroid dienone is 1. The zero-order chi connectivity index (χ0) is 28.9. The second-order valence-electron chi connectivity index (χ2n) is 9.06. The van der Waals surface area contributed by atoms with E-state index in [9.17, 15) is 14.4 Å². The molecule has 1 unspecified atom stereocenters. The number of carbonyl (C=O) groups is 3. The Kier molecular flexibility index (Phi) is 9.92. The van der Waals surface area contributed by atoms with E-state index in [1.165, 1.54) is 23.8 Å². The van der Waals surface area contributed by atoms with E-state index in [-0.39, 0.29) is 28.1 Å². The van der Waals surface area contributed by atoms with Gasteiger partial charge in [0.05, 0.1) is 23.3 Å². The highest BCUT2D eigenvalue weighted by Gasteiger charge is 2.27. The minimum atomic E-state index is -0.627. The Bertz CT molecular complexity index is 1400. The molecule has 0 saturated carbocycles. The summed E-state index contributed by atoms with van der Waals surface area (Å²) in [7, 11) is 4.49. The molecule has 2 aromatic heterocycles. The normalized spacial score (nSPS) is 11.6. The maximum Gasteiger partial charge on any atom is 0.341 e. The van der Waals surface area contributed by atoms with E-state index in [1.807, 2.05) is 37.5 Å². The van der Waals surface area contributed by atoms with Crippen LogP contribution in [0.5, 0.6) is 5.75 Å². The number of benzene rings is 1. The molecule has 208 valence electrons. The van der Waals surface area contributed by atoms with Gasteiger partial charge in [-0.1, -0.05) is 35.5 Å². The third kappa shape index (κ3) is 6.87. The first-order valence-electron chi connectivity index (χ1n) is 12.1. The molecule has 0 saturated heterocycles. The van der Waals surface area contributed by atoms with E-state index in [2.05, 4.69) is 28.2 Å². The summed E-state index contributed by atoms with van der Waals surface area (Å²) in [6.45, 7) is 11.8. The maximum absolute atomic E-state index is 12.9. The van der Waals surface area contributed by atoms with E-state index in [0.29, 0.717) is 28.0 Å². The Morgan fingerprint density at radius 2 is 1.95 bits per heavy atom. The number of aromatic nitrogens is 3. The standard InChI is InChI=1S/C27H33N5O5S2/c1-9-12-32-23(18(5)37-19-11-10-15(2)13-16(19)3)29-30-27(32)38-14-20(33)28-24-21(26(35)36-8)17(4)22(39-24)25(34)31(6)7/h9-11,13,18H,1,12,14H2,2-8H3,(H,28,33). The summed E-state index contributed by atoms with van der Waals surface area (Å²) in [5.74, 6) is 0.0962. The average molecular weight is 572 g/mol. The molecule has 39 heavy (non-hydrogen) atoms. The summed E-state index contributed by atoms with van der Waals surface area (Å²) in [5, 5.41) is 12.2. The second kappa shape index (κ2) is 12.9. The van der Waals surface area contributed by atoms with Crippen molar-refractivity contribution >= 4 is 45.9 Å². The molecule has 12 heteroatoms. The lowest BCUT2D eigenvalue weighted by molar-refractivity contribution is -0.113. The highest BCUT2D eigenvalue weighted by molar-refractivity contribution is 7.99. The molecule has 0 aliphatic carbocycles. The molecule has 1 N–H and O–H groups in total. The van der Waals surface area contributed by atoms with Gasteiger partial charge in [0.1, 0.15) is 10.8 Å². The molecule has 0 aliphatic heterocycles. The fraction of sp³-hybridized carbons (Fsp3) is 0.370. The molecule has 2 amide bonds. The molecule has 10 nitrogen and oxygen atoms in total. The van der Waals surface area contributed by atoms with Gasteiger partial charge in [0, 0.05) is 20.6 Å². The quantitative estimate of drug-likeness (QED) is 0.198. The number of thiophene rings is 1. The topological polar surface area (TPSA) is 116 Å². The summed E-state index contributed by atoms with van der Waals surface area (Å²) in [4.78, 5) is 39.7. The van der Waals surface area contributed by atoms with Gasteiger partial charge in [-0.25, -0.2) is 4.79 Å². The summed E-state index contributed by atoms with van der Waals surface area (Å²) >= 11 is 2.24. The summed E-state index contributed by atoms with van der Waals surface area (Å²) in [6, 6.07) is 5.97. The van der Waals surface area contributed by atoms with Crippen LogP contribution in [-0.2, 0) is 16.1 Å². The predicted molar refractivity (Wildman–Crippen MR) is 153 cm³/mol. The van der Waals surface area contributed by atoms with E-state index >= 15 is 0 Å². The number of amides is 2. The van der Waals surface area contributed by atoms with Crippen LogP contribution in [0, 0.1) is 20.8 Å². The minimum absolute atomic E-state index is 0.00386. The molecule has 3 aromatic rings.